The van der Waals surface area contributed by atoms with Gasteiger partial charge in [-0.25, -0.2) is 0 Å². The molecule has 2 aromatic heterocycles. The van der Waals surface area contributed by atoms with E-state index in [9.17, 15) is 0 Å². The summed E-state index contributed by atoms with van der Waals surface area (Å²) in [6.07, 6.45) is 2.12. The highest BCUT2D eigenvalue weighted by Crippen LogP contribution is 2.20. The van der Waals surface area contributed by atoms with Crippen molar-refractivity contribution in [3.63, 3.8) is 0 Å². The van der Waals surface area contributed by atoms with Gasteiger partial charge in [-0.05, 0) is 32.2 Å². The molecule has 0 fully saturated rings. The number of aromatic nitrogens is 3. The third kappa shape index (κ3) is 2.12. The first kappa shape index (κ1) is 12.9. The fourth-order valence-corrected chi connectivity index (χ4v) is 2.68. The van der Waals surface area contributed by atoms with Gasteiger partial charge in [0.05, 0.1) is 17.8 Å². The fraction of sp³-hybridized carbons (Fsp3) is 0.312. The van der Waals surface area contributed by atoms with Crippen LogP contribution in [0.1, 0.15) is 24.4 Å². The Morgan fingerprint density at radius 3 is 2.80 bits per heavy atom. The van der Waals surface area contributed by atoms with Gasteiger partial charge in [0.25, 0.3) is 0 Å². The molecule has 1 unspecified atom stereocenters. The summed E-state index contributed by atoms with van der Waals surface area (Å²) in [6, 6.07) is 13.0. The van der Waals surface area contributed by atoms with Gasteiger partial charge < -0.3 is 9.88 Å². The molecule has 0 saturated carbocycles. The summed E-state index contributed by atoms with van der Waals surface area (Å²) in [5.74, 6) is 0. The molecule has 4 heteroatoms. The number of nitrogens with one attached hydrogen (secondary N) is 1. The summed E-state index contributed by atoms with van der Waals surface area (Å²) in [4.78, 5) is 0. The van der Waals surface area contributed by atoms with Crippen LogP contribution in [0.2, 0.25) is 0 Å². The maximum absolute atomic E-state index is 4.67. The van der Waals surface area contributed by atoms with Crippen molar-refractivity contribution < 1.29 is 0 Å². The van der Waals surface area contributed by atoms with Gasteiger partial charge in [-0.2, -0.15) is 5.10 Å². The monoisotopic (exact) mass is 268 g/mol. The van der Waals surface area contributed by atoms with E-state index in [2.05, 4.69) is 64.5 Å². The Kier molecular flexibility index (Phi) is 3.32. The van der Waals surface area contributed by atoms with Crippen LogP contribution in [0.25, 0.3) is 10.9 Å². The quantitative estimate of drug-likeness (QED) is 0.789. The number of rotatable bonds is 4. The fourth-order valence-electron chi connectivity index (χ4n) is 2.68. The van der Waals surface area contributed by atoms with Crippen LogP contribution in [0.5, 0.6) is 0 Å². The van der Waals surface area contributed by atoms with E-state index >= 15 is 0 Å². The van der Waals surface area contributed by atoms with Gasteiger partial charge in [-0.1, -0.05) is 18.2 Å². The molecule has 0 saturated heterocycles. The normalized spacial score (nSPS) is 12.9. The third-order valence-electron chi connectivity index (χ3n) is 3.90. The standard InChI is InChI=1S/C16H20N4/c1-12(17-2)15-9-6-10-20(15)11-14-13-7-4-5-8-16(13)19(3)18-14/h4-10,12,17H,11H2,1-3H3. The zero-order valence-electron chi connectivity index (χ0n) is 12.2. The molecule has 3 aromatic rings. The maximum atomic E-state index is 4.67. The number of fused-ring (bicyclic) bond motifs is 1. The second-order valence-corrected chi connectivity index (χ2v) is 5.16. The summed E-state index contributed by atoms with van der Waals surface area (Å²) in [6.45, 7) is 2.97. The van der Waals surface area contributed by atoms with Crippen LogP contribution >= 0.6 is 0 Å². The second-order valence-electron chi connectivity index (χ2n) is 5.16. The first-order valence-corrected chi connectivity index (χ1v) is 6.93. The predicted octanol–water partition coefficient (Wildman–Crippen LogP) is 2.70. The Morgan fingerprint density at radius 1 is 1.20 bits per heavy atom. The minimum absolute atomic E-state index is 0.333. The highest BCUT2D eigenvalue weighted by Gasteiger charge is 2.12. The first-order valence-electron chi connectivity index (χ1n) is 6.93. The van der Waals surface area contributed by atoms with E-state index in [0.717, 1.165) is 12.2 Å². The molecule has 2 heterocycles. The Hall–Kier alpha value is -2.07. The summed E-state index contributed by atoms with van der Waals surface area (Å²) in [7, 11) is 3.98. The lowest BCUT2D eigenvalue weighted by Crippen LogP contribution is -2.17. The summed E-state index contributed by atoms with van der Waals surface area (Å²) >= 11 is 0. The molecule has 0 spiro atoms. The van der Waals surface area contributed by atoms with Gasteiger partial charge in [0.2, 0.25) is 0 Å². The van der Waals surface area contributed by atoms with E-state index in [1.807, 2.05) is 18.8 Å². The molecule has 0 radical (unpaired) electrons. The van der Waals surface area contributed by atoms with Gasteiger partial charge in [0, 0.05) is 30.4 Å². The minimum Gasteiger partial charge on any atom is -0.344 e. The van der Waals surface area contributed by atoms with Gasteiger partial charge in [-0.15, -0.1) is 0 Å². The van der Waals surface area contributed by atoms with Crippen molar-refractivity contribution in [1.29, 1.82) is 0 Å². The lowest BCUT2D eigenvalue weighted by Gasteiger charge is -2.14. The molecule has 0 aliphatic rings. The Labute approximate surface area is 119 Å². The average Bonchev–Trinajstić information content (AvgIpc) is 3.05. The van der Waals surface area contributed by atoms with Crippen molar-refractivity contribution >= 4 is 10.9 Å². The number of nitrogens with zero attached hydrogens (tertiary/aromatic N) is 3. The second kappa shape index (κ2) is 5.13. The zero-order valence-corrected chi connectivity index (χ0v) is 12.2. The van der Waals surface area contributed by atoms with E-state index in [4.69, 9.17) is 0 Å². The highest BCUT2D eigenvalue weighted by atomic mass is 15.3. The van der Waals surface area contributed by atoms with Crippen LogP contribution in [0.3, 0.4) is 0 Å². The van der Waals surface area contributed by atoms with Crippen LogP contribution in [-0.2, 0) is 13.6 Å². The average molecular weight is 268 g/mol. The van der Waals surface area contributed by atoms with Crippen LogP contribution in [0.4, 0.5) is 0 Å². The highest BCUT2D eigenvalue weighted by molar-refractivity contribution is 5.81. The maximum Gasteiger partial charge on any atom is 0.0900 e. The molecule has 1 atom stereocenters. The lowest BCUT2D eigenvalue weighted by atomic mass is 10.2. The van der Waals surface area contributed by atoms with Crippen LogP contribution in [0, 0.1) is 0 Å². The molecule has 1 aromatic carbocycles. The number of hydrogen-bond donors (Lipinski definition) is 1. The Morgan fingerprint density at radius 2 is 2.00 bits per heavy atom. The predicted molar refractivity (Wildman–Crippen MR) is 81.7 cm³/mol. The molecule has 20 heavy (non-hydrogen) atoms. The molecule has 4 nitrogen and oxygen atoms in total. The lowest BCUT2D eigenvalue weighted by molar-refractivity contribution is 0.584. The summed E-state index contributed by atoms with van der Waals surface area (Å²) in [5, 5.41) is 9.18. The molecule has 3 rings (SSSR count). The van der Waals surface area contributed by atoms with Gasteiger partial charge in [-0.3, -0.25) is 4.68 Å². The van der Waals surface area contributed by atoms with Crippen molar-refractivity contribution in [2.45, 2.75) is 19.5 Å². The summed E-state index contributed by atoms with van der Waals surface area (Å²) < 4.78 is 4.21. The number of aryl methyl sites for hydroxylation is 1. The van der Waals surface area contributed by atoms with Crippen LogP contribution in [-0.4, -0.2) is 21.4 Å². The number of para-hydroxylation sites is 1. The van der Waals surface area contributed by atoms with Crippen molar-refractivity contribution in [3.05, 3.63) is 54.0 Å². The minimum atomic E-state index is 0.333. The van der Waals surface area contributed by atoms with E-state index in [-0.39, 0.29) is 0 Å². The Bertz CT molecular complexity index is 723. The van der Waals surface area contributed by atoms with Crippen molar-refractivity contribution in [2.24, 2.45) is 7.05 Å². The van der Waals surface area contributed by atoms with Gasteiger partial charge in [0.15, 0.2) is 0 Å². The topological polar surface area (TPSA) is 34.8 Å². The van der Waals surface area contributed by atoms with Crippen molar-refractivity contribution in [3.8, 4) is 0 Å². The molecule has 0 aliphatic heterocycles. The molecule has 0 aliphatic carbocycles. The molecular formula is C16H20N4. The van der Waals surface area contributed by atoms with E-state index in [0.29, 0.717) is 6.04 Å². The molecule has 1 N–H and O–H groups in total. The molecule has 0 bridgehead atoms. The van der Waals surface area contributed by atoms with Gasteiger partial charge >= 0.3 is 0 Å². The SMILES string of the molecule is CNC(C)c1cccn1Cc1nn(C)c2ccccc12. The molecule has 0 amide bonds. The van der Waals surface area contributed by atoms with Gasteiger partial charge in [0.1, 0.15) is 0 Å². The van der Waals surface area contributed by atoms with E-state index in [1.54, 1.807) is 0 Å². The Balaban J connectivity index is 2.00. The number of hydrogen-bond acceptors (Lipinski definition) is 2. The molecule has 104 valence electrons. The van der Waals surface area contributed by atoms with Crippen LogP contribution < -0.4 is 5.32 Å². The van der Waals surface area contributed by atoms with Crippen LogP contribution in [0.15, 0.2) is 42.6 Å². The zero-order chi connectivity index (χ0) is 14.1. The first-order chi connectivity index (χ1) is 9.70. The van der Waals surface area contributed by atoms with E-state index in [1.165, 1.54) is 16.6 Å². The van der Waals surface area contributed by atoms with Crippen molar-refractivity contribution in [2.75, 3.05) is 7.05 Å². The number of benzene rings is 1. The van der Waals surface area contributed by atoms with Crippen molar-refractivity contribution in [1.82, 2.24) is 19.7 Å². The third-order valence-corrected chi connectivity index (χ3v) is 3.90. The largest absolute Gasteiger partial charge is 0.344 e. The van der Waals surface area contributed by atoms with E-state index < -0.39 is 0 Å². The smallest absolute Gasteiger partial charge is 0.0900 e. The molecular weight excluding hydrogens is 248 g/mol. The summed E-state index contributed by atoms with van der Waals surface area (Å²) in [5.41, 5.74) is 3.57.